The Kier molecular flexibility index (Phi) is 5.22. The molecular formula is C15H18N4O3S2. The van der Waals surface area contributed by atoms with Crippen LogP contribution in [-0.2, 0) is 14.8 Å². The highest BCUT2D eigenvalue weighted by molar-refractivity contribution is 7.91. The number of thiophene rings is 1. The summed E-state index contributed by atoms with van der Waals surface area (Å²) in [5.41, 5.74) is 0.996. The topological polar surface area (TPSA) is 92.3 Å². The van der Waals surface area contributed by atoms with Gasteiger partial charge in [-0.3, -0.25) is 4.79 Å². The maximum absolute atomic E-state index is 12.2. The molecule has 3 rings (SSSR count). The van der Waals surface area contributed by atoms with Crippen LogP contribution in [0, 0.1) is 0 Å². The fourth-order valence-corrected chi connectivity index (χ4v) is 4.74. The molecule has 0 saturated carbocycles. The third-order valence-corrected chi connectivity index (χ3v) is 6.84. The van der Waals surface area contributed by atoms with Crippen molar-refractivity contribution in [3.05, 3.63) is 41.8 Å². The van der Waals surface area contributed by atoms with Crippen molar-refractivity contribution in [2.75, 3.05) is 19.6 Å². The molecule has 9 heteroatoms. The van der Waals surface area contributed by atoms with Crippen LogP contribution in [0.1, 0.15) is 24.5 Å². The molecule has 3 heterocycles. The third-order valence-electron chi connectivity index (χ3n) is 4.04. The molecular weight excluding hydrogens is 348 g/mol. The number of rotatable bonds is 5. The second-order valence-corrected chi connectivity index (χ2v) is 8.49. The first-order valence-corrected chi connectivity index (χ1v) is 9.99. The number of likely N-dealkylation sites (tertiary alicyclic amines) is 1. The van der Waals surface area contributed by atoms with E-state index in [0.717, 1.165) is 29.9 Å². The number of carbonyl (C=O) groups excluding carboxylic acids is 1. The highest BCUT2D eigenvalue weighted by Crippen LogP contribution is 2.26. The van der Waals surface area contributed by atoms with E-state index in [-0.39, 0.29) is 16.7 Å². The van der Waals surface area contributed by atoms with Crippen molar-refractivity contribution in [1.82, 2.24) is 19.6 Å². The van der Waals surface area contributed by atoms with Gasteiger partial charge in [-0.15, -0.1) is 11.3 Å². The molecule has 1 amide bonds. The summed E-state index contributed by atoms with van der Waals surface area (Å²) < 4.78 is 26.7. The van der Waals surface area contributed by atoms with Gasteiger partial charge in [-0.1, -0.05) is 6.07 Å². The van der Waals surface area contributed by atoms with Gasteiger partial charge >= 0.3 is 0 Å². The van der Waals surface area contributed by atoms with Crippen LogP contribution in [0.25, 0.3) is 0 Å². The van der Waals surface area contributed by atoms with E-state index in [9.17, 15) is 13.2 Å². The maximum atomic E-state index is 12.2. The molecule has 0 aliphatic carbocycles. The predicted octanol–water partition coefficient (Wildman–Crippen LogP) is 1.22. The molecule has 2 aromatic rings. The van der Waals surface area contributed by atoms with Gasteiger partial charge in [-0.2, -0.15) is 0 Å². The van der Waals surface area contributed by atoms with Crippen LogP contribution in [0.4, 0.5) is 0 Å². The molecule has 0 atom stereocenters. The molecule has 1 N–H and O–H groups in total. The zero-order valence-corrected chi connectivity index (χ0v) is 14.6. The SMILES string of the molecule is O=C(CNS(=O)(=O)c1cccs1)N1CCC(c2ccncn2)CC1. The molecule has 7 nitrogen and oxygen atoms in total. The number of amides is 1. The van der Waals surface area contributed by atoms with Crippen molar-refractivity contribution in [2.24, 2.45) is 0 Å². The second-order valence-electron chi connectivity index (χ2n) is 5.55. The predicted molar refractivity (Wildman–Crippen MR) is 90.1 cm³/mol. The molecule has 0 bridgehead atoms. The van der Waals surface area contributed by atoms with E-state index in [1.54, 1.807) is 22.5 Å². The zero-order valence-electron chi connectivity index (χ0n) is 13.0. The summed E-state index contributed by atoms with van der Waals surface area (Å²) >= 11 is 1.13. The first kappa shape index (κ1) is 17.0. The van der Waals surface area contributed by atoms with Crippen LogP contribution in [0.5, 0.6) is 0 Å². The number of carbonyl (C=O) groups is 1. The van der Waals surface area contributed by atoms with Crippen LogP contribution < -0.4 is 4.72 Å². The highest BCUT2D eigenvalue weighted by atomic mass is 32.2. The minimum absolute atomic E-state index is 0.198. The Morgan fingerprint density at radius 3 is 2.75 bits per heavy atom. The van der Waals surface area contributed by atoms with Crippen LogP contribution in [0.2, 0.25) is 0 Å². The highest BCUT2D eigenvalue weighted by Gasteiger charge is 2.25. The van der Waals surface area contributed by atoms with Crippen LogP contribution >= 0.6 is 11.3 Å². The Morgan fingerprint density at radius 1 is 1.33 bits per heavy atom. The molecule has 1 saturated heterocycles. The van der Waals surface area contributed by atoms with Crippen LogP contribution in [-0.4, -0.2) is 48.8 Å². The Morgan fingerprint density at radius 2 is 2.12 bits per heavy atom. The number of piperidine rings is 1. The summed E-state index contributed by atoms with van der Waals surface area (Å²) in [5.74, 6) is 0.121. The number of hydrogen-bond acceptors (Lipinski definition) is 6. The van der Waals surface area contributed by atoms with Gasteiger partial charge in [-0.05, 0) is 30.4 Å². The van der Waals surface area contributed by atoms with Gasteiger partial charge in [0.2, 0.25) is 5.91 Å². The standard InChI is InChI=1S/C15H18N4O3S2/c20-14(10-18-24(21,22)15-2-1-9-23-15)19-7-4-12(5-8-19)13-3-6-16-11-17-13/h1-3,6,9,11-12,18H,4-5,7-8,10H2. The van der Waals surface area contributed by atoms with Gasteiger partial charge in [0.05, 0.1) is 6.54 Å². The fourth-order valence-electron chi connectivity index (χ4n) is 2.72. The lowest BCUT2D eigenvalue weighted by Crippen LogP contribution is -2.43. The number of sulfonamides is 1. The van der Waals surface area contributed by atoms with E-state index in [1.807, 2.05) is 6.07 Å². The van der Waals surface area contributed by atoms with Crippen LogP contribution in [0.15, 0.2) is 40.3 Å². The van der Waals surface area contributed by atoms with Crippen molar-refractivity contribution in [1.29, 1.82) is 0 Å². The van der Waals surface area contributed by atoms with Crippen molar-refractivity contribution in [3.63, 3.8) is 0 Å². The molecule has 1 aliphatic rings. The minimum atomic E-state index is -3.60. The van der Waals surface area contributed by atoms with E-state index < -0.39 is 10.0 Å². The molecule has 128 valence electrons. The van der Waals surface area contributed by atoms with Crippen molar-refractivity contribution >= 4 is 27.3 Å². The summed E-state index contributed by atoms with van der Waals surface area (Å²) in [5, 5.41) is 1.69. The van der Waals surface area contributed by atoms with E-state index in [1.165, 1.54) is 12.4 Å². The van der Waals surface area contributed by atoms with Crippen molar-refractivity contribution in [2.45, 2.75) is 23.0 Å². The average molecular weight is 366 g/mol. The van der Waals surface area contributed by atoms with Crippen molar-refractivity contribution < 1.29 is 13.2 Å². The lowest BCUT2D eigenvalue weighted by atomic mass is 9.93. The summed E-state index contributed by atoms with van der Waals surface area (Å²) in [6.45, 7) is 1.00. The molecule has 2 aromatic heterocycles. The first-order chi connectivity index (χ1) is 11.6. The monoisotopic (exact) mass is 366 g/mol. The molecule has 0 unspecified atom stereocenters. The smallest absolute Gasteiger partial charge is 0.250 e. The first-order valence-electron chi connectivity index (χ1n) is 7.63. The van der Waals surface area contributed by atoms with E-state index >= 15 is 0 Å². The third kappa shape index (κ3) is 3.97. The number of nitrogens with zero attached hydrogens (tertiary/aromatic N) is 3. The minimum Gasteiger partial charge on any atom is -0.342 e. The normalized spacial score (nSPS) is 16.2. The Balaban J connectivity index is 1.51. The summed E-state index contributed by atoms with van der Waals surface area (Å²) in [4.78, 5) is 22.1. The van der Waals surface area contributed by atoms with E-state index in [4.69, 9.17) is 0 Å². The summed E-state index contributed by atoms with van der Waals surface area (Å²) in [6, 6.07) is 5.08. The van der Waals surface area contributed by atoms with E-state index in [0.29, 0.717) is 19.0 Å². The molecule has 24 heavy (non-hydrogen) atoms. The summed E-state index contributed by atoms with van der Waals surface area (Å²) in [7, 11) is -3.60. The van der Waals surface area contributed by atoms with Gasteiger partial charge in [0.25, 0.3) is 10.0 Å². The van der Waals surface area contributed by atoms with Gasteiger partial charge in [-0.25, -0.2) is 23.1 Å². The Bertz CT molecular complexity index is 770. The maximum Gasteiger partial charge on any atom is 0.250 e. The van der Waals surface area contributed by atoms with Crippen LogP contribution in [0.3, 0.4) is 0 Å². The number of aromatic nitrogens is 2. The quantitative estimate of drug-likeness (QED) is 0.859. The largest absolute Gasteiger partial charge is 0.342 e. The zero-order chi connectivity index (χ0) is 17.0. The van der Waals surface area contributed by atoms with Gasteiger partial charge in [0.15, 0.2) is 0 Å². The number of hydrogen-bond donors (Lipinski definition) is 1. The van der Waals surface area contributed by atoms with Crippen molar-refractivity contribution in [3.8, 4) is 0 Å². The Labute approximate surface area is 144 Å². The van der Waals surface area contributed by atoms with Gasteiger partial charge in [0.1, 0.15) is 10.5 Å². The molecule has 1 aliphatic heterocycles. The molecule has 0 radical (unpaired) electrons. The average Bonchev–Trinajstić information content (AvgIpc) is 3.16. The second kappa shape index (κ2) is 7.37. The van der Waals surface area contributed by atoms with Gasteiger partial charge in [0, 0.05) is 30.9 Å². The number of nitrogens with one attached hydrogen (secondary N) is 1. The lowest BCUT2D eigenvalue weighted by molar-refractivity contribution is -0.131. The molecule has 0 spiro atoms. The lowest BCUT2D eigenvalue weighted by Gasteiger charge is -2.31. The van der Waals surface area contributed by atoms with Gasteiger partial charge < -0.3 is 4.90 Å². The Hall–Kier alpha value is -1.84. The molecule has 0 aromatic carbocycles. The fraction of sp³-hybridized carbons (Fsp3) is 0.400. The summed E-state index contributed by atoms with van der Waals surface area (Å²) in [6.07, 6.45) is 4.90. The molecule has 1 fully saturated rings. The van der Waals surface area contributed by atoms with E-state index in [2.05, 4.69) is 14.7 Å².